The summed E-state index contributed by atoms with van der Waals surface area (Å²) < 4.78 is 1.84. The van der Waals surface area contributed by atoms with Gasteiger partial charge in [-0.1, -0.05) is 12.1 Å². The SMILES string of the molecule is CSCCCNC(=O)c1cccc(Cn2cccn2)c1. The first kappa shape index (κ1) is 14.7. The molecule has 0 bridgehead atoms. The summed E-state index contributed by atoms with van der Waals surface area (Å²) in [5.74, 6) is 1.06. The molecule has 0 aliphatic carbocycles. The van der Waals surface area contributed by atoms with E-state index in [4.69, 9.17) is 0 Å². The second kappa shape index (κ2) is 7.75. The Morgan fingerprint density at radius 3 is 3.05 bits per heavy atom. The molecule has 0 aliphatic rings. The van der Waals surface area contributed by atoms with Gasteiger partial charge >= 0.3 is 0 Å². The minimum absolute atomic E-state index is 0.00609. The van der Waals surface area contributed by atoms with Gasteiger partial charge in [-0.15, -0.1) is 0 Å². The lowest BCUT2D eigenvalue weighted by molar-refractivity contribution is 0.0953. The van der Waals surface area contributed by atoms with Crippen LogP contribution < -0.4 is 5.32 Å². The number of carbonyl (C=O) groups excluding carboxylic acids is 1. The lowest BCUT2D eigenvalue weighted by Gasteiger charge is -2.07. The highest BCUT2D eigenvalue weighted by Gasteiger charge is 2.05. The van der Waals surface area contributed by atoms with Crippen molar-refractivity contribution in [2.75, 3.05) is 18.6 Å². The van der Waals surface area contributed by atoms with Gasteiger partial charge in [-0.05, 0) is 42.2 Å². The summed E-state index contributed by atoms with van der Waals surface area (Å²) in [6, 6.07) is 9.58. The van der Waals surface area contributed by atoms with Crippen LogP contribution in [0.1, 0.15) is 22.3 Å². The van der Waals surface area contributed by atoms with Crippen LogP contribution in [0.5, 0.6) is 0 Å². The molecule has 2 aromatic rings. The fourth-order valence-electron chi connectivity index (χ4n) is 1.91. The van der Waals surface area contributed by atoms with Gasteiger partial charge in [0.05, 0.1) is 6.54 Å². The van der Waals surface area contributed by atoms with E-state index in [-0.39, 0.29) is 5.91 Å². The van der Waals surface area contributed by atoms with E-state index in [1.54, 1.807) is 18.0 Å². The molecule has 4 nitrogen and oxygen atoms in total. The molecule has 1 N–H and O–H groups in total. The number of nitrogens with one attached hydrogen (secondary N) is 1. The van der Waals surface area contributed by atoms with Gasteiger partial charge in [0.1, 0.15) is 0 Å². The molecule has 2 rings (SSSR count). The van der Waals surface area contributed by atoms with Gasteiger partial charge in [0.15, 0.2) is 0 Å². The van der Waals surface area contributed by atoms with Crippen molar-refractivity contribution in [2.24, 2.45) is 0 Å². The summed E-state index contributed by atoms with van der Waals surface area (Å²) in [5.41, 5.74) is 1.78. The molecule has 0 spiro atoms. The van der Waals surface area contributed by atoms with E-state index < -0.39 is 0 Å². The summed E-state index contributed by atoms with van der Waals surface area (Å²) in [6.45, 7) is 1.41. The average molecular weight is 289 g/mol. The lowest BCUT2D eigenvalue weighted by atomic mass is 10.1. The van der Waals surface area contributed by atoms with Crippen molar-refractivity contribution in [3.63, 3.8) is 0 Å². The Bertz CT molecular complexity index is 540. The highest BCUT2D eigenvalue weighted by atomic mass is 32.2. The molecule has 0 fully saturated rings. The summed E-state index contributed by atoms with van der Waals surface area (Å²) in [7, 11) is 0. The summed E-state index contributed by atoms with van der Waals surface area (Å²) >= 11 is 1.79. The minimum Gasteiger partial charge on any atom is -0.352 e. The fraction of sp³-hybridized carbons (Fsp3) is 0.333. The van der Waals surface area contributed by atoms with Gasteiger partial charge in [0.25, 0.3) is 5.91 Å². The fourth-order valence-corrected chi connectivity index (χ4v) is 2.35. The summed E-state index contributed by atoms with van der Waals surface area (Å²) in [4.78, 5) is 12.0. The van der Waals surface area contributed by atoms with E-state index in [1.165, 1.54) is 0 Å². The van der Waals surface area contributed by atoms with E-state index in [1.807, 2.05) is 41.2 Å². The number of aromatic nitrogens is 2. The summed E-state index contributed by atoms with van der Waals surface area (Å²) in [5, 5.41) is 7.12. The Balaban J connectivity index is 1.93. The molecule has 0 unspecified atom stereocenters. The Morgan fingerprint density at radius 2 is 2.30 bits per heavy atom. The van der Waals surface area contributed by atoms with E-state index in [9.17, 15) is 4.79 Å². The van der Waals surface area contributed by atoms with Crippen LogP contribution >= 0.6 is 11.8 Å². The first-order valence-electron chi connectivity index (χ1n) is 6.63. The average Bonchev–Trinajstić information content (AvgIpc) is 2.96. The predicted octanol–water partition coefficient (Wildman–Crippen LogP) is 2.41. The number of hydrogen-bond donors (Lipinski definition) is 1. The molecule has 0 aliphatic heterocycles. The molecule has 0 radical (unpaired) electrons. The van der Waals surface area contributed by atoms with Crippen molar-refractivity contribution in [3.8, 4) is 0 Å². The zero-order valence-corrected chi connectivity index (χ0v) is 12.4. The largest absolute Gasteiger partial charge is 0.352 e. The molecule has 1 heterocycles. The van der Waals surface area contributed by atoms with E-state index in [0.29, 0.717) is 12.1 Å². The number of carbonyl (C=O) groups is 1. The van der Waals surface area contributed by atoms with E-state index in [0.717, 1.165) is 24.3 Å². The zero-order valence-electron chi connectivity index (χ0n) is 11.6. The molecular weight excluding hydrogens is 270 g/mol. The highest BCUT2D eigenvalue weighted by molar-refractivity contribution is 7.98. The number of amides is 1. The molecule has 0 atom stereocenters. The first-order chi connectivity index (χ1) is 9.79. The smallest absolute Gasteiger partial charge is 0.251 e. The molecule has 20 heavy (non-hydrogen) atoms. The molecule has 1 aromatic heterocycles. The van der Waals surface area contributed by atoms with Gasteiger partial charge < -0.3 is 5.32 Å². The monoisotopic (exact) mass is 289 g/mol. The number of rotatable bonds is 7. The van der Waals surface area contributed by atoms with Gasteiger partial charge in [0.2, 0.25) is 0 Å². The quantitative estimate of drug-likeness (QED) is 0.796. The van der Waals surface area contributed by atoms with Crippen molar-refractivity contribution < 1.29 is 4.79 Å². The van der Waals surface area contributed by atoms with Gasteiger partial charge in [-0.25, -0.2) is 0 Å². The van der Waals surface area contributed by atoms with Crippen molar-refractivity contribution >= 4 is 17.7 Å². The van der Waals surface area contributed by atoms with Crippen LogP contribution in [0.4, 0.5) is 0 Å². The predicted molar refractivity (Wildman–Crippen MR) is 83.1 cm³/mol. The van der Waals surface area contributed by atoms with Crippen LogP contribution in [0.15, 0.2) is 42.7 Å². The topological polar surface area (TPSA) is 46.9 Å². The molecule has 0 saturated carbocycles. The third kappa shape index (κ3) is 4.42. The maximum atomic E-state index is 12.0. The molecule has 1 amide bonds. The first-order valence-corrected chi connectivity index (χ1v) is 8.02. The normalized spacial score (nSPS) is 10.4. The van der Waals surface area contributed by atoms with Crippen LogP contribution in [0.25, 0.3) is 0 Å². The standard InChI is InChI=1S/C15H19N3OS/c1-20-10-4-7-16-15(19)14-6-2-5-13(11-14)12-18-9-3-8-17-18/h2-3,5-6,8-9,11H,4,7,10,12H2,1H3,(H,16,19). The zero-order chi connectivity index (χ0) is 14.2. The Kier molecular flexibility index (Phi) is 5.68. The molecule has 106 valence electrons. The van der Waals surface area contributed by atoms with E-state index >= 15 is 0 Å². The Hall–Kier alpha value is -1.75. The Morgan fingerprint density at radius 1 is 1.40 bits per heavy atom. The number of thioether (sulfide) groups is 1. The van der Waals surface area contributed by atoms with Gasteiger partial charge in [0, 0.05) is 24.5 Å². The van der Waals surface area contributed by atoms with Gasteiger partial charge in [-0.2, -0.15) is 16.9 Å². The molecular formula is C15H19N3OS. The van der Waals surface area contributed by atoms with Crippen LogP contribution in [0.3, 0.4) is 0 Å². The second-order valence-electron chi connectivity index (χ2n) is 4.51. The highest BCUT2D eigenvalue weighted by Crippen LogP contribution is 2.07. The third-order valence-electron chi connectivity index (χ3n) is 2.90. The van der Waals surface area contributed by atoms with E-state index in [2.05, 4.69) is 16.7 Å². The Labute approximate surface area is 123 Å². The van der Waals surface area contributed by atoms with Crippen LogP contribution in [0, 0.1) is 0 Å². The van der Waals surface area contributed by atoms with Crippen molar-refractivity contribution in [1.29, 1.82) is 0 Å². The van der Waals surface area contributed by atoms with Crippen molar-refractivity contribution in [3.05, 3.63) is 53.9 Å². The van der Waals surface area contributed by atoms with Crippen molar-refractivity contribution in [1.82, 2.24) is 15.1 Å². The maximum Gasteiger partial charge on any atom is 0.251 e. The van der Waals surface area contributed by atoms with Gasteiger partial charge in [-0.3, -0.25) is 9.48 Å². The number of nitrogens with zero attached hydrogens (tertiary/aromatic N) is 2. The minimum atomic E-state index is -0.00609. The third-order valence-corrected chi connectivity index (χ3v) is 3.60. The van der Waals surface area contributed by atoms with Crippen LogP contribution in [-0.4, -0.2) is 34.2 Å². The molecule has 0 saturated heterocycles. The van der Waals surface area contributed by atoms with Crippen molar-refractivity contribution in [2.45, 2.75) is 13.0 Å². The summed E-state index contributed by atoms with van der Waals surface area (Å²) in [6.07, 6.45) is 6.73. The number of hydrogen-bond acceptors (Lipinski definition) is 3. The number of benzene rings is 1. The van der Waals surface area contributed by atoms with Crippen LogP contribution in [0.2, 0.25) is 0 Å². The van der Waals surface area contributed by atoms with Crippen LogP contribution in [-0.2, 0) is 6.54 Å². The molecule has 5 heteroatoms. The second-order valence-corrected chi connectivity index (χ2v) is 5.49. The lowest BCUT2D eigenvalue weighted by Crippen LogP contribution is -2.24. The molecule has 1 aromatic carbocycles. The maximum absolute atomic E-state index is 12.0.